The molecule has 0 aliphatic heterocycles. The van der Waals surface area contributed by atoms with Crippen LogP contribution < -0.4 is 58.6 Å². The second-order valence-electron chi connectivity index (χ2n) is 4.38. The van der Waals surface area contributed by atoms with Gasteiger partial charge in [-0.2, -0.15) is 0 Å². The molecule has 0 aromatic heterocycles. The van der Waals surface area contributed by atoms with Gasteiger partial charge in [0, 0.05) is 5.41 Å². The zero-order valence-corrected chi connectivity index (χ0v) is 14.2. The van der Waals surface area contributed by atoms with Gasteiger partial charge >= 0.3 is 48.4 Å². The van der Waals surface area contributed by atoms with Crippen molar-refractivity contribution in [2.24, 2.45) is 11.3 Å². The van der Waals surface area contributed by atoms with E-state index in [0.29, 0.717) is 12.8 Å². The minimum Gasteiger partial charge on any atom is -0.549 e. The summed E-state index contributed by atoms with van der Waals surface area (Å²) in [5.41, 5.74) is -1.87. The van der Waals surface area contributed by atoms with E-state index in [0.717, 1.165) is 19.3 Å². The Morgan fingerprint density at radius 2 is 1.56 bits per heavy atom. The number of carbonyl (C=O) groups excluding carboxylic acids is 2. The standard InChI is InChI=1S/C12H22O4.Li.Na/c1-4-6-7-8-9(5-2)12(3,10(13)14)11(15)16;;/h9H,4-8H2,1-3H3,(H,13,14)(H,15,16);;/q;2*+1/p-2. The van der Waals surface area contributed by atoms with Crippen molar-refractivity contribution in [1.29, 1.82) is 0 Å². The Kier molecular flexibility index (Phi) is 14.9. The van der Waals surface area contributed by atoms with Crippen molar-refractivity contribution in [2.75, 3.05) is 0 Å². The van der Waals surface area contributed by atoms with Crippen LogP contribution in [0.3, 0.4) is 0 Å². The van der Waals surface area contributed by atoms with E-state index in [1.807, 2.05) is 6.92 Å². The van der Waals surface area contributed by atoms with Gasteiger partial charge in [-0.1, -0.05) is 39.5 Å². The average Bonchev–Trinajstić information content (AvgIpc) is 2.23. The molecule has 0 saturated heterocycles. The van der Waals surface area contributed by atoms with Crippen LogP contribution in [0.4, 0.5) is 0 Å². The molecule has 0 fully saturated rings. The third-order valence-corrected chi connectivity index (χ3v) is 3.31. The Morgan fingerprint density at radius 3 is 1.83 bits per heavy atom. The molecule has 0 heterocycles. The molecule has 94 valence electrons. The Hall–Kier alpha value is 0.537. The average molecular weight is 258 g/mol. The maximum absolute atomic E-state index is 11.0. The molecule has 0 N–H and O–H groups in total. The van der Waals surface area contributed by atoms with Gasteiger partial charge in [-0.25, -0.2) is 0 Å². The maximum Gasteiger partial charge on any atom is 1.00 e. The zero-order valence-electron chi connectivity index (χ0n) is 12.2. The molecule has 6 heteroatoms. The first kappa shape index (κ1) is 23.6. The predicted octanol–water partition coefficient (Wildman–Crippen LogP) is -5.89. The fourth-order valence-corrected chi connectivity index (χ4v) is 1.96. The van der Waals surface area contributed by atoms with E-state index in [4.69, 9.17) is 0 Å². The van der Waals surface area contributed by atoms with Crippen LogP contribution in [-0.4, -0.2) is 11.9 Å². The predicted molar refractivity (Wildman–Crippen MR) is 56.0 cm³/mol. The summed E-state index contributed by atoms with van der Waals surface area (Å²) in [6.07, 6.45) is 3.92. The third kappa shape index (κ3) is 6.12. The molecule has 0 rings (SSSR count). The van der Waals surface area contributed by atoms with Crippen molar-refractivity contribution in [3.05, 3.63) is 0 Å². The zero-order chi connectivity index (χ0) is 12.8. The van der Waals surface area contributed by atoms with E-state index in [2.05, 4.69) is 0 Å². The summed E-state index contributed by atoms with van der Waals surface area (Å²) in [5, 5.41) is 21.9. The topological polar surface area (TPSA) is 80.3 Å². The van der Waals surface area contributed by atoms with Gasteiger partial charge in [-0.3, -0.25) is 0 Å². The van der Waals surface area contributed by atoms with Crippen molar-refractivity contribution in [3.63, 3.8) is 0 Å². The third-order valence-electron chi connectivity index (χ3n) is 3.31. The summed E-state index contributed by atoms with van der Waals surface area (Å²) < 4.78 is 0. The second-order valence-corrected chi connectivity index (χ2v) is 4.38. The number of hydrogen-bond acceptors (Lipinski definition) is 4. The number of carboxylic acid groups (broad SMARTS) is 2. The monoisotopic (exact) mass is 258 g/mol. The normalized spacial score (nSPS) is 11.9. The SMILES string of the molecule is CCCCCC(CC)C(C)(C(=O)[O-])C(=O)[O-].[Li+].[Na+]. The summed E-state index contributed by atoms with van der Waals surface area (Å²) >= 11 is 0. The van der Waals surface area contributed by atoms with E-state index < -0.39 is 23.3 Å². The second kappa shape index (κ2) is 11.4. The van der Waals surface area contributed by atoms with Gasteiger partial charge in [0.05, 0.1) is 11.9 Å². The summed E-state index contributed by atoms with van der Waals surface area (Å²) in [5.74, 6) is -3.51. The Morgan fingerprint density at radius 1 is 1.11 bits per heavy atom. The van der Waals surface area contributed by atoms with Gasteiger partial charge in [-0.05, 0) is 19.3 Å². The van der Waals surface area contributed by atoms with E-state index in [1.54, 1.807) is 6.92 Å². The summed E-state index contributed by atoms with van der Waals surface area (Å²) in [6.45, 7) is 5.02. The fraction of sp³-hybridized carbons (Fsp3) is 0.833. The molecule has 1 atom stereocenters. The number of rotatable bonds is 8. The molecule has 0 saturated carbocycles. The number of unbranched alkanes of at least 4 members (excludes halogenated alkanes) is 2. The van der Waals surface area contributed by atoms with E-state index in [1.165, 1.54) is 6.92 Å². The van der Waals surface area contributed by atoms with Crippen molar-refractivity contribution in [1.82, 2.24) is 0 Å². The number of carbonyl (C=O) groups is 2. The quantitative estimate of drug-likeness (QED) is 0.247. The van der Waals surface area contributed by atoms with Crippen LogP contribution in [0.5, 0.6) is 0 Å². The van der Waals surface area contributed by atoms with Crippen molar-refractivity contribution in [3.8, 4) is 0 Å². The number of aliphatic carboxylic acids is 2. The molecule has 0 radical (unpaired) electrons. The van der Waals surface area contributed by atoms with E-state index in [-0.39, 0.29) is 48.4 Å². The Balaban J connectivity index is -0.00000112. The molecule has 1 unspecified atom stereocenters. The van der Waals surface area contributed by atoms with Crippen molar-refractivity contribution >= 4 is 11.9 Å². The van der Waals surface area contributed by atoms with E-state index >= 15 is 0 Å². The van der Waals surface area contributed by atoms with Crippen LogP contribution in [0, 0.1) is 11.3 Å². The molecule has 0 aromatic carbocycles. The molecule has 0 bridgehead atoms. The first-order valence-corrected chi connectivity index (χ1v) is 5.84. The van der Waals surface area contributed by atoms with Crippen LogP contribution in [-0.2, 0) is 9.59 Å². The molecule has 0 amide bonds. The van der Waals surface area contributed by atoms with Crippen LogP contribution in [0.15, 0.2) is 0 Å². The molecular weight excluding hydrogens is 238 g/mol. The molecule has 4 nitrogen and oxygen atoms in total. The van der Waals surface area contributed by atoms with Gasteiger partial charge < -0.3 is 19.8 Å². The summed E-state index contributed by atoms with van der Waals surface area (Å²) in [6, 6.07) is 0. The first-order chi connectivity index (χ1) is 7.41. The smallest absolute Gasteiger partial charge is 0.549 e. The van der Waals surface area contributed by atoms with Crippen molar-refractivity contribution in [2.45, 2.75) is 52.9 Å². The van der Waals surface area contributed by atoms with Crippen LogP contribution in [0.25, 0.3) is 0 Å². The molecule has 0 spiro atoms. The summed E-state index contributed by atoms with van der Waals surface area (Å²) in [7, 11) is 0. The summed E-state index contributed by atoms with van der Waals surface area (Å²) in [4.78, 5) is 21.9. The number of carboxylic acids is 2. The largest absolute Gasteiger partial charge is 1.00 e. The van der Waals surface area contributed by atoms with Crippen LogP contribution in [0.2, 0.25) is 0 Å². The first-order valence-electron chi connectivity index (χ1n) is 5.84. The van der Waals surface area contributed by atoms with E-state index in [9.17, 15) is 19.8 Å². The van der Waals surface area contributed by atoms with Gasteiger partial charge in [0.25, 0.3) is 0 Å². The Labute approximate surface area is 143 Å². The molecule has 18 heavy (non-hydrogen) atoms. The van der Waals surface area contributed by atoms with Gasteiger partial charge in [0.1, 0.15) is 0 Å². The van der Waals surface area contributed by atoms with Crippen LogP contribution in [0.1, 0.15) is 52.9 Å². The molecule has 0 aliphatic rings. The maximum atomic E-state index is 11.0. The molecular formula is C12H20LiNaO4. The fourth-order valence-electron chi connectivity index (χ4n) is 1.96. The molecule has 0 aliphatic carbocycles. The van der Waals surface area contributed by atoms with Gasteiger partial charge in [0.2, 0.25) is 0 Å². The minimum atomic E-state index is -1.87. The van der Waals surface area contributed by atoms with Gasteiger partial charge in [-0.15, -0.1) is 0 Å². The Bertz CT molecular complexity index is 244. The van der Waals surface area contributed by atoms with Gasteiger partial charge in [0.15, 0.2) is 0 Å². The minimum absolute atomic E-state index is 0. The van der Waals surface area contributed by atoms with Crippen molar-refractivity contribution < 1.29 is 68.2 Å². The molecule has 0 aromatic rings. The van der Waals surface area contributed by atoms with Crippen LogP contribution >= 0.6 is 0 Å². The number of hydrogen-bond donors (Lipinski definition) is 0.